The third kappa shape index (κ3) is 4.09. The van der Waals surface area contributed by atoms with E-state index in [1.165, 1.54) is 17.8 Å². The van der Waals surface area contributed by atoms with Gasteiger partial charge in [0.25, 0.3) is 5.91 Å². The van der Waals surface area contributed by atoms with Gasteiger partial charge in [-0.3, -0.25) is 19.5 Å². The molecule has 1 N–H and O–H groups in total. The van der Waals surface area contributed by atoms with Gasteiger partial charge in [0.15, 0.2) is 16.7 Å². The van der Waals surface area contributed by atoms with Crippen LogP contribution in [-0.4, -0.2) is 57.1 Å². The van der Waals surface area contributed by atoms with Gasteiger partial charge in [-0.15, -0.1) is 0 Å². The van der Waals surface area contributed by atoms with Crippen LogP contribution in [0, 0.1) is 5.82 Å². The molecule has 0 saturated heterocycles. The summed E-state index contributed by atoms with van der Waals surface area (Å²) < 4.78 is 15.4. The molecule has 2 aromatic rings. The SMILES string of the molecule is CN=C(SC)N1CCC(C)=C(c2cc(C(=O)Nc3ccncc3F)nn2C)C1. The molecule has 148 valence electrons. The summed E-state index contributed by atoms with van der Waals surface area (Å²) in [5.74, 6) is -1.05. The maximum absolute atomic E-state index is 13.7. The molecular weight excluding hydrogens is 379 g/mol. The van der Waals surface area contributed by atoms with E-state index in [2.05, 4.69) is 32.2 Å². The number of anilines is 1. The van der Waals surface area contributed by atoms with Crippen LogP contribution in [0.2, 0.25) is 0 Å². The van der Waals surface area contributed by atoms with Crippen LogP contribution in [0.15, 0.2) is 35.1 Å². The van der Waals surface area contributed by atoms with Gasteiger partial charge in [0.1, 0.15) is 0 Å². The first kappa shape index (κ1) is 20.1. The number of carbonyl (C=O) groups excluding carboxylic acids is 1. The molecule has 0 atom stereocenters. The van der Waals surface area contributed by atoms with E-state index in [0.29, 0.717) is 6.54 Å². The summed E-state index contributed by atoms with van der Waals surface area (Å²) in [7, 11) is 3.60. The van der Waals surface area contributed by atoms with Gasteiger partial charge in [-0.1, -0.05) is 17.3 Å². The fourth-order valence-electron chi connectivity index (χ4n) is 3.21. The third-order valence-electron chi connectivity index (χ3n) is 4.71. The van der Waals surface area contributed by atoms with Crippen molar-refractivity contribution in [3.05, 3.63) is 47.3 Å². The third-order valence-corrected chi connectivity index (χ3v) is 5.51. The Morgan fingerprint density at radius 1 is 1.43 bits per heavy atom. The zero-order valence-electron chi connectivity index (χ0n) is 16.4. The summed E-state index contributed by atoms with van der Waals surface area (Å²) in [6.45, 7) is 3.72. The van der Waals surface area contributed by atoms with Gasteiger partial charge in [0.05, 0.1) is 17.6 Å². The lowest BCUT2D eigenvalue weighted by atomic mass is 9.99. The number of nitrogens with one attached hydrogen (secondary N) is 1. The number of amidine groups is 1. The predicted octanol–water partition coefficient (Wildman–Crippen LogP) is 3.03. The van der Waals surface area contributed by atoms with E-state index in [4.69, 9.17) is 0 Å². The normalized spacial score (nSPS) is 15.2. The van der Waals surface area contributed by atoms with Crippen LogP contribution in [0.4, 0.5) is 10.1 Å². The van der Waals surface area contributed by atoms with E-state index < -0.39 is 11.7 Å². The van der Waals surface area contributed by atoms with Crippen molar-refractivity contribution in [1.82, 2.24) is 19.7 Å². The Bertz CT molecular complexity index is 952. The average molecular weight is 402 g/mol. The standard InChI is InChI=1S/C19H23FN6OS/c1-12-6-8-26(19(21-2)28-4)11-13(12)17-9-16(24-25(17)3)18(27)23-15-5-7-22-10-14(15)20/h5,7,9-10H,6,8,11H2,1-4H3,(H,22,23,27). The first-order chi connectivity index (χ1) is 13.4. The number of hydrogen-bond donors (Lipinski definition) is 1. The number of rotatable bonds is 3. The number of halogens is 1. The first-order valence-electron chi connectivity index (χ1n) is 8.84. The molecule has 2 aromatic heterocycles. The monoisotopic (exact) mass is 402 g/mol. The molecule has 3 rings (SSSR count). The number of aromatic nitrogens is 3. The molecule has 7 nitrogen and oxygen atoms in total. The van der Waals surface area contributed by atoms with Gasteiger partial charge in [-0.25, -0.2) is 4.39 Å². The topological polar surface area (TPSA) is 75.4 Å². The zero-order valence-corrected chi connectivity index (χ0v) is 17.2. The van der Waals surface area contributed by atoms with E-state index in [1.807, 2.05) is 13.3 Å². The summed E-state index contributed by atoms with van der Waals surface area (Å²) in [6, 6.07) is 3.16. The Labute approximate surface area is 167 Å². The molecule has 0 bridgehead atoms. The number of carbonyl (C=O) groups is 1. The highest BCUT2D eigenvalue weighted by Gasteiger charge is 2.24. The van der Waals surface area contributed by atoms with Crippen LogP contribution in [0.3, 0.4) is 0 Å². The van der Waals surface area contributed by atoms with Crippen LogP contribution in [0.25, 0.3) is 5.57 Å². The van der Waals surface area contributed by atoms with Crippen LogP contribution in [-0.2, 0) is 7.05 Å². The van der Waals surface area contributed by atoms with E-state index in [0.717, 1.165) is 35.6 Å². The molecule has 0 aromatic carbocycles. The number of amides is 1. The fourth-order valence-corrected chi connectivity index (χ4v) is 3.80. The van der Waals surface area contributed by atoms with Crippen molar-refractivity contribution in [3.63, 3.8) is 0 Å². The van der Waals surface area contributed by atoms with Gasteiger partial charge in [-0.2, -0.15) is 5.10 Å². The van der Waals surface area contributed by atoms with Crippen molar-refractivity contribution in [2.75, 3.05) is 31.7 Å². The molecule has 1 aliphatic heterocycles. The molecule has 28 heavy (non-hydrogen) atoms. The van der Waals surface area contributed by atoms with Crippen LogP contribution in [0.1, 0.15) is 29.5 Å². The van der Waals surface area contributed by atoms with Crippen molar-refractivity contribution in [2.45, 2.75) is 13.3 Å². The average Bonchev–Trinajstić information content (AvgIpc) is 3.07. The molecule has 1 amide bonds. The number of nitrogens with zero attached hydrogens (tertiary/aromatic N) is 5. The highest BCUT2D eigenvalue weighted by atomic mass is 32.2. The summed E-state index contributed by atoms with van der Waals surface area (Å²) >= 11 is 1.62. The van der Waals surface area contributed by atoms with Gasteiger partial charge < -0.3 is 10.2 Å². The van der Waals surface area contributed by atoms with Gasteiger partial charge in [0, 0.05) is 33.4 Å². The Hall–Kier alpha value is -2.68. The van der Waals surface area contributed by atoms with E-state index in [9.17, 15) is 9.18 Å². The molecular formula is C19H23FN6OS. The second-order valence-corrected chi connectivity index (χ2v) is 7.26. The molecule has 9 heteroatoms. The molecule has 1 aliphatic rings. The summed E-state index contributed by atoms with van der Waals surface area (Å²) in [4.78, 5) is 22.8. The molecule has 0 saturated carbocycles. The fraction of sp³-hybridized carbons (Fsp3) is 0.368. The number of aliphatic imine (C=N–C) groups is 1. The lowest BCUT2D eigenvalue weighted by Crippen LogP contribution is -2.35. The summed E-state index contributed by atoms with van der Waals surface area (Å²) in [5.41, 5.74) is 3.59. The smallest absolute Gasteiger partial charge is 0.276 e. The van der Waals surface area contributed by atoms with Crippen molar-refractivity contribution >= 4 is 34.1 Å². The highest BCUT2D eigenvalue weighted by Crippen LogP contribution is 2.28. The van der Waals surface area contributed by atoms with E-state index in [1.54, 1.807) is 29.6 Å². The molecule has 0 aliphatic carbocycles. The zero-order chi connectivity index (χ0) is 20.3. The van der Waals surface area contributed by atoms with Crippen molar-refractivity contribution in [2.24, 2.45) is 12.0 Å². The minimum absolute atomic E-state index is 0.0789. The van der Waals surface area contributed by atoms with Crippen molar-refractivity contribution < 1.29 is 9.18 Å². The van der Waals surface area contributed by atoms with Crippen LogP contribution in [0.5, 0.6) is 0 Å². The maximum atomic E-state index is 13.7. The van der Waals surface area contributed by atoms with Crippen LogP contribution < -0.4 is 5.32 Å². The molecule has 3 heterocycles. The number of aryl methyl sites for hydroxylation is 1. The Kier molecular flexibility index (Phi) is 6.13. The van der Waals surface area contributed by atoms with E-state index in [-0.39, 0.29) is 11.4 Å². The lowest BCUT2D eigenvalue weighted by molar-refractivity contribution is 0.102. The minimum Gasteiger partial charge on any atom is -0.347 e. The molecule has 0 radical (unpaired) electrons. The predicted molar refractivity (Wildman–Crippen MR) is 111 cm³/mol. The minimum atomic E-state index is -0.586. The van der Waals surface area contributed by atoms with Gasteiger partial charge in [-0.05, 0) is 37.3 Å². The number of thioether (sulfide) groups is 1. The Morgan fingerprint density at radius 3 is 2.89 bits per heavy atom. The second-order valence-electron chi connectivity index (χ2n) is 6.49. The molecule has 0 fully saturated rings. The van der Waals surface area contributed by atoms with Gasteiger partial charge >= 0.3 is 0 Å². The first-order valence-corrected chi connectivity index (χ1v) is 10.1. The van der Waals surface area contributed by atoms with E-state index >= 15 is 0 Å². The Morgan fingerprint density at radius 2 is 2.21 bits per heavy atom. The van der Waals surface area contributed by atoms with Crippen molar-refractivity contribution in [1.29, 1.82) is 0 Å². The van der Waals surface area contributed by atoms with Crippen LogP contribution >= 0.6 is 11.8 Å². The quantitative estimate of drug-likeness (QED) is 0.631. The summed E-state index contributed by atoms with van der Waals surface area (Å²) in [5, 5.41) is 7.87. The Balaban J connectivity index is 1.85. The summed E-state index contributed by atoms with van der Waals surface area (Å²) in [6.07, 6.45) is 5.41. The highest BCUT2D eigenvalue weighted by molar-refractivity contribution is 8.13. The molecule has 0 spiro atoms. The molecule has 0 unspecified atom stereocenters. The number of pyridine rings is 1. The van der Waals surface area contributed by atoms with Gasteiger partial charge in [0.2, 0.25) is 0 Å². The maximum Gasteiger partial charge on any atom is 0.276 e. The van der Waals surface area contributed by atoms with Crippen molar-refractivity contribution in [3.8, 4) is 0 Å². The lowest BCUT2D eigenvalue weighted by Gasteiger charge is -2.31. The number of hydrogen-bond acceptors (Lipinski definition) is 5. The second kappa shape index (κ2) is 8.55. The largest absolute Gasteiger partial charge is 0.347 e.